The number of rotatable bonds is 25. The predicted molar refractivity (Wildman–Crippen MR) is 146 cm³/mol. The monoisotopic (exact) mass is 443 g/mol. The van der Waals surface area contributed by atoms with Crippen LogP contribution in [0.5, 0.6) is 0 Å². The molecule has 0 unspecified atom stereocenters. The Hall–Kier alpha value is 0.390. The Kier molecular flexibility index (Phi) is 24.4. The number of unbranched alkanes of at least 4 members (excludes halogenated alkanes) is 16. The molecule has 0 aromatic carbocycles. The Morgan fingerprint density at radius 3 is 1.00 bits per heavy atom. The minimum atomic E-state index is -1.29. The summed E-state index contributed by atoms with van der Waals surface area (Å²) in [7, 11) is -1.29. The van der Waals surface area contributed by atoms with Crippen molar-refractivity contribution in [1.29, 1.82) is 0 Å². The second-order valence-corrected chi connectivity index (χ2v) is 14.5. The summed E-state index contributed by atoms with van der Waals surface area (Å²) in [5.74, 6) is 0. The van der Waals surface area contributed by atoms with Crippen LogP contribution in [-0.4, -0.2) is 25.0 Å². The van der Waals surface area contributed by atoms with Crippen LogP contribution >= 0.6 is 7.41 Å². The van der Waals surface area contributed by atoms with Crippen molar-refractivity contribution in [3.8, 4) is 0 Å². The van der Waals surface area contributed by atoms with E-state index in [4.69, 9.17) is 0 Å². The topological polar surface area (TPSA) is 12.0 Å². The van der Waals surface area contributed by atoms with Crippen LogP contribution in [0.3, 0.4) is 0 Å². The van der Waals surface area contributed by atoms with E-state index in [9.17, 15) is 0 Å². The standard InChI is InChI=1S/C28H62NP/c1-5-9-13-16-19-22-26-30(29-25-12-8-4,27-23-20-17-14-10-6-2)28-24-21-18-15-11-7-3/h29-30H,5-28H2,1-4H3. The van der Waals surface area contributed by atoms with Gasteiger partial charge in [-0.05, 0) is 0 Å². The molecule has 0 heterocycles. The number of hydrogen-bond donors (Lipinski definition) is 1. The van der Waals surface area contributed by atoms with E-state index in [-0.39, 0.29) is 0 Å². The van der Waals surface area contributed by atoms with Crippen LogP contribution in [0.2, 0.25) is 0 Å². The predicted octanol–water partition coefficient (Wildman–Crippen LogP) is 10.1. The van der Waals surface area contributed by atoms with Gasteiger partial charge in [0, 0.05) is 0 Å². The first-order valence-electron chi connectivity index (χ1n) is 14.5. The average molecular weight is 444 g/mol. The fourth-order valence-electron chi connectivity index (χ4n) is 4.90. The van der Waals surface area contributed by atoms with Crippen molar-refractivity contribution >= 4 is 7.41 Å². The molecule has 1 nitrogen and oxygen atoms in total. The summed E-state index contributed by atoms with van der Waals surface area (Å²) in [6, 6.07) is 0. The fourth-order valence-corrected chi connectivity index (χ4v) is 9.67. The van der Waals surface area contributed by atoms with E-state index in [0.717, 1.165) is 0 Å². The average Bonchev–Trinajstić information content (AvgIpc) is 2.75. The van der Waals surface area contributed by atoms with Gasteiger partial charge >= 0.3 is 194 Å². The van der Waals surface area contributed by atoms with Gasteiger partial charge in [-0.2, -0.15) is 0 Å². The molecule has 0 saturated heterocycles. The molecular weight excluding hydrogens is 381 g/mol. The Morgan fingerprint density at radius 1 is 0.367 bits per heavy atom. The Balaban J connectivity index is 4.61. The first-order valence-corrected chi connectivity index (χ1v) is 17.1. The molecule has 0 atom stereocenters. The molecule has 1 N–H and O–H groups in total. The third-order valence-corrected chi connectivity index (χ3v) is 12.0. The summed E-state index contributed by atoms with van der Waals surface area (Å²) in [6.07, 6.45) is 33.6. The van der Waals surface area contributed by atoms with E-state index in [0.29, 0.717) is 0 Å². The molecular formula is C28H62NP. The molecule has 2 heteroatoms. The van der Waals surface area contributed by atoms with Crippen LogP contribution in [0.1, 0.15) is 156 Å². The maximum absolute atomic E-state index is 4.28. The van der Waals surface area contributed by atoms with Gasteiger partial charge in [-0.1, -0.05) is 0 Å². The summed E-state index contributed by atoms with van der Waals surface area (Å²) < 4.78 is 0. The quantitative estimate of drug-likeness (QED) is 0.109. The maximum atomic E-state index is 4.28. The van der Waals surface area contributed by atoms with E-state index in [1.165, 1.54) is 135 Å². The van der Waals surface area contributed by atoms with Gasteiger partial charge in [0.15, 0.2) is 0 Å². The molecule has 0 aromatic heterocycles. The van der Waals surface area contributed by atoms with Crippen molar-refractivity contribution in [3.63, 3.8) is 0 Å². The summed E-state index contributed by atoms with van der Waals surface area (Å²) in [5.41, 5.74) is 0. The molecule has 0 saturated carbocycles. The Morgan fingerprint density at radius 2 is 0.667 bits per heavy atom. The molecule has 0 radical (unpaired) electrons. The minimum absolute atomic E-state index is 1.29. The molecule has 0 aliphatic carbocycles. The molecule has 0 spiro atoms. The van der Waals surface area contributed by atoms with Crippen molar-refractivity contribution in [3.05, 3.63) is 0 Å². The fraction of sp³-hybridized carbons (Fsp3) is 1.00. The molecule has 0 aromatic rings. The van der Waals surface area contributed by atoms with Gasteiger partial charge < -0.3 is 0 Å². The SMILES string of the molecule is CCCCCCCC[PH](CCCCCCCC)(CCCCCCCC)NCCCC. The van der Waals surface area contributed by atoms with Gasteiger partial charge in [-0.15, -0.1) is 0 Å². The number of nitrogens with one attached hydrogen (secondary N) is 1. The van der Waals surface area contributed by atoms with Gasteiger partial charge in [0.1, 0.15) is 0 Å². The second-order valence-electron chi connectivity index (χ2n) is 10.1. The molecule has 0 amide bonds. The van der Waals surface area contributed by atoms with Crippen molar-refractivity contribution in [2.45, 2.75) is 156 Å². The number of hydrogen-bond acceptors (Lipinski definition) is 1. The van der Waals surface area contributed by atoms with Gasteiger partial charge in [0.25, 0.3) is 0 Å². The van der Waals surface area contributed by atoms with E-state index in [2.05, 4.69) is 32.8 Å². The third-order valence-electron chi connectivity index (χ3n) is 7.06. The van der Waals surface area contributed by atoms with Crippen molar-refractivity contribution in [1.82, 2.24) is 5.09 Å². The van der Waals surface area contributed by atoms with Gasteiger partial charge in [-0.25, -0.2) is 0 Å². The van der Waals surface area contributed by atoms with Crippen LogP contribution in [0, 0.1) is 0 Å². The van der Waals surface area contributed by atoms with Gasteiger partial charge in [0.05, 0.1) is 0 Å². The van der Waals surface area contributed by atoms with E-state index in [1.807, 2.05) is 0 Å². The van der Waals surface area contributed by atoms with Crippen LogP contribution < -0.4 is 5.09 Å². The molecule has 0 bridgehead atoms. The molecule has 0 fully saturated rings. The third kappa shape index (κ3) is 19.1. The summed E-state index contributed by atoms with van der Waals surface area (Å²) in [6.45, 7) is 10.6. The van der Waals surface area contributed by atoms with Gasteiger partial charge in [-0.3, -0.25) is 0 Å². The van der Waals surface area contributed by atoms with Gasteiger partial charge in [0.2, 0.25) is 0 Å². The molecule has 30 heavy (non-hydrogen) atoms. The Labute approximate surface area is 193 Å². The first-order chi connectivity index (χ1) is 14.7. The van der Waals surface area contributed by atoms with E-state index < -0.39 is 7.41 Å². The molecule has 0 aliphatic rings. The van der Waals surface area contributed by atoms with Crippen molar-refractivity contribution < 1.29 is 0 Å². The van der Waals surface area contributed by atoms with Crippen molar-refractivity contribution in [2.24, 2.45) is 0 Å². The molecule has 184 valence electrons. The first kappa shape index (κ1) is 30.4. The summed E-state index contributed by atoms with van der Waals surface area (Å²) >= 11 is 0. The second kappa shape index (κ2) is 24.0. The zero-order valence-corrected chi connectivity index (χ0v) is 23.0. The zero-order valence-electron chi connectivity index (χ0n) is 22.0. The van der Waals surface area contributed by atoms with Crippen LogP contribution in [0.25, 0.3) is 0 Å². The van der Waals surface area contributed by atoms with Crippen LogP contribution in [-0.2, 0) is 0 Å². The zero-order chi connectivity index (χ0) is 22.2. The van der Waals surface area contributed by atoms with Crippen LogP contribution in [0.4, 0.5) is 0 Å². The Bertz CT molecular complexity index is 277. The molecule has 0 aliphatic heterocycles. The van der Waals surface area contributed by atoms with Crippen LogP contribution in [0.15, 0.2) is 0 Å². The molecule has 0 rings (SSSR count). The summed E-state index contributed by atoms with van der Waals surface area (Å²) in [5, 5.41) is 4.28. The van der Waals surface area contributed by atoms with E-state index >= 15 is 0 Å². The summed E-state index contributed by atoms with van der Waals surface area (Å²) in [4.78, 5) is 0. The van der Waals surface area contributed by atoms with E-state index in [1.54, 1.807) is 18.5 Å². The normalized spacial score (nSPS) is 12.5. The van der Waals surface area contributed by atoms with Crippen molar-refractivity contribution in [2.75, 3.05) is 25.0 Å².